The first-order valence-corrected chi connectivity index (χ1v) is 9.17. The van der Waals surface area contributed by atoms with Gasteiger partial charge in [0.05, 0.1) is 0 Å². The van der Waals surface area contributed by atoms with E-state index >= 15 is 0 Å². The normalized spacial score (nSPS) is 13.2. The van der Waals surface area contributed by atoms with Gasteiger partial charge in [0, 0.05) is 29.3 Å². The van der Waals surface area contributed by atoms with E-state index in [2.05, 4.69) is 27.9 Å². The minimum absolute atomic E-state index is 0.290. The predicted octanol–water partition coefficient (Wildman–Crippen LogP) is 3.86. The Labute approximate surface area is 150 Å². The van der Waals surface area contributed by atoms with Gasteiger partial charge in [0.25, 0.3) is 0 Å². The molecule has 0 saturated heterocycles. The van der Waals surface area contributed by atoms with Gasteiger partial charge >= 0.3 is 0 Å². The molecule has 0 aliphatic heterocycles. The molecule has 0 saturated carbocycles. The van der Waals surface area contributed by atoms with Crippen LogP contribution in [0.25, 0.3) is 0 Å². The number of hydrogen-bond donors (Lipinski definition) is 1. The summed E-state index contributed by atoms with van der Waals surface area (Å²) in [6.45, 7) is 0. The van der Waals surface area contributed by atoms with Crippen LogP contribution in [0, 0.1) is 0 Å². The fourth-order valence-electron chi connectivity index (χ4n) is 2.98. The van der Waals surface area contributed by atoms with E-state index in [0.717, 1.165) is 18.4 Å². The Kier molecular flexibility index (Phi) is 5.93. The molecule has 128 valence electrons. The molecular weight excluding hydrogens is 332 g/mol. The van der Waals surface area contributed by atoms with Gasteiger partial charge in [0.1, 0.15) is 0 Å². The first-order chi connectivity index (χ1) is 12.2. The molecule has 0 bridgehead atoms. The number of aromatic nitrogens is 1. The highest BCUT2D eigenvalue weighted by Gasteiger charge is 2.14. The van der Waals surface area contributed by atoms with Crippen molar-refractivity contribution in [3.63, 3.8) is 0 Å². The van der Waals surface area contributed by atoms with Crippen molar-refractivity contribution < 1.29 is 8.76 Å². The van der Waals surface area contributed by atoms with Gasteiger partial charge < -0.3 is 9.27 Å². The van der Waals surface area contributed by atoms with Gasteiger partial charge in [-0.25, -0.2) is 0 Å². The maximum absolute atomic E-state index is 10.8. The lowest BCUT2D eigenvalue weighted by Crippen LogP contribution is -2.08. The molecule has 5 heteroatoms. The number of anilines is 1. The van der Waals surface area contributed by atoms with E-state index in [1.54, 1.807) is 12.3 Å². The molecule has 0 aliphatic rings. The van der Waals surface area contributed by atoms with E-state index in [-0.39, 0.29) is 0 Å². The van der Waals surface area contributed by atoms with E-state index in [9.17, 15) is 8.76 Å². The van der Waals surface area contributed by atoms with Gasteiger partial charge in [-0.05, 0) is 53.6 Å². The Morgan fingerprint density at radius 2 is 1.72 bits per heavy atom. The second-order valence-electron chi connectivity index (χ2n) is 5.91. The first kappa shape index (κ1) is 17.3. The van der Waals surface area contributed by atoms with E-state index in [1.807, 2.05) is 48.7 Å². The van der Waals surface area contributed by atoms with Crippen LogP contribution in [0.4, 0.5) is 5.69 Å². The zero-order valence-corrected chi connectivity index (χ0v) is 14.5. The van der Waals surface area contributed by atoms with Crippen LogP contribution in [0.1, 0.15) is 22.6 Å². The predicted molar refractivity (Wildman–Crippen MR) is 99.8 cm³/mol. The van der Waals surface area contributed by atoms with Crippen LogP contribution in [-0.2, 0) is 24.1 Å². The fourth-order valence-corrected chi connectivity index (χ4v) is 3.30. The van der Waals surface area contributed by atoms with Crippen LogP contribution in [0.15, 0.2) is 79.1 Å². The molecular formula is C20H19N2O2S-. The smallest absolute Gasteiger partial charge is 0.0455 e. The highest BCUT2D eigenvalue weighted by atomic mass is 32.2. The molecule has 3 rings (SSSR count). The first-order valence-electron chi connectivity index (χ1n) is 8.09. The van der Waals surface area contributed by atoms with Crippen molar-refractivity contribution in [3.8, 4) is 0 Å². The van der Waals surface area contributed by atoms with E-state index in [0.29, 0.717) is 11.6 Å². The molecule has 25 heavy (non-hydrogen) atoms. The summed E-state index contributed by atoms with van der Waals surface area (Å²) in [6.07, 6.45) is 5.37. The molecule has 0 spiro atoms. The lowest BCUT2D eigenvalue weighted by atomic mass is 9.87. The minimum Gasteiger partial charge on any atom is -0.755 e. The highest BCUT2D eigenvalue weighted by molar-refractivity contribution is 7.80. The standard InChI is InChI=1S/C20H20N2O2S/c23-25(24)22-20-10-4-6-16(14-20)12-19(18-8-2-1-3-9-18)13-17-7-5-11-21-15-17/h1-11,14-15,19,22H,12-13H2,(H,23,24)/p-1. The molecule has 1 heterocycles. The third-order valence-corrected chi connectivity index (χ3v) is 4.49. The molecule has 2 aromatic carbocycles. The second-order valence-corrected chi connectivity index (χ2v) is 6.59. The summed E-state index contributed by atoms with van der Waals surface area (Å²) in [6, 6.07) is 21.9. The largest absolute Gasteiger partial charge is 0.755 e. The lowest BCUT2D eigenvalue weighted by molar-refractivity contribution is 0.542. The number of rotatable bonds is 7. The van der Waals surface area contributed by atoms with Gasteiger partial charge in [-0.3, -0.25) is 9.19 Å². The van der Waals surface area contributed by atoms with Crippen LogP contribution < -0.4 is 4.72 Å². The average Bonchev–Trinajstić information content (AvgIpc) is 2.63. The van der Waals surface area contributed by atoms with Crippen molar-refractivity contribution in [1.82, 2.24) is 4.98 Å². The number of hydrogen-bond acceptors (Lipinski definition) is 3. The number of nitrogens with one attached hydrogen (secondary N) is 1. The number of nitrogens with zero attached hydrogens (tertiary/aromatic N) is 1. The molecule has 0 fully saturated rings. The van der Waals surface area contributed by atoms with Crippen LogP contribution in [-0.4, -0.2) is 13.7 Å². The van der Waals surface area contributed by atoms with Gasteiger partial charge in [-0.2, -0.15) is 0 Å². The van der Waals surface area contributed by atoms with Gasteiger partial charge in [-0.15, -0.1) is 0 Å². The summed E-state index contributed by atoms with van der Waals surface area (Å²) in [5, 5.41) is 0. The van der Waals surface area contributed by atoms with Crippen LogP contribution in [0.3, 0.4) is 0 Å². The molecule has 4 nitrogen and oxygen atoms in total. The molecule has 2 atom stereocenters. The van der Waals surface area contributed by atoms with E-state index < -0.39 is 11.3 Å². The Hall–Kier alpha value is -2.50. The zero-order valence-electron chi connectivity index (χ0n) is 13.7. The number of pyridine rings is 1. The molecule has 0 radical (unpaired) electrons. The van der Waals surface area contributed by atoms with Crippen molar-refractivity contribution in [2.24, 2.45) is 0 Å². The summed E-state index contributed by atoms with van der Waals surface area (Å²) < 4.78 is 24.1. The quantitative estimate of drug-likeness (QED) is 0.658. The summed E-state index contributed by atoms with van der Waals surface area (Å²) in [4.78, 5) is 4.21. The third kappa shape index (κ3) is 5.24. The Balaban J connectivity index is 1.84. The Morgan fingerprint density at radius 3 is 2.44 bits per heavy atom. The van der Waals surface area contributed by atoms with Gasteiger partial charge in [-0.1, -0.05) is 48.5 Å². The van der Waals surface area contributed by atoms with Crippen molar-refractivity contribution in [2.45, 2.75) is 18.8 Å². The minimum atomic E-state index is -2.31. The molecule has 2 unspecified atom stereocenters. The lowest BCUT2D eigenvalue weighted by Gasteiger charge is -2.18. The van der Waals surface area contributed by atoms with Crippen molar-refractivity contribution in [3.05, 3.63) is 95.8 Å². The average molecular weight is 351 g/mol. The summed E-state index contributed by atoms with van der Waals surface area (Å²) in [5.74, 6) is 0.290. The maximum Gasteiger partial charge on any atom is 0.0455 e. The second kappa shape index (κ2) is 8.55. The molecule has 1 aromatic heterocycles. The molecule has 0 aliphatic carbocycles. The van der Waals surface area contributed by atoms with E-state index in [4.69, 9.17) is 0 Å². The number of benzene rings is 2. The van der Waals surface area contributed by atoms with Crippen molar-refractivity contribution in [1.29, 1.82) is 0 Å². The van der Waals surface area contributed by atoms with Crippen LogP contribution in [0.5, 0.6) is 0 Å². The third-order valence-electron chi connectivity index (χ3n) is 4.09. The van der Waals surface area contributed by atoms with E-state index in [1.165, 1.54) is 11.1 Å². The summed E-state index contributed by atoms with van der Waals surface area (Å²) >= 11 is -2.31. The van der Waals surface area contributed by atoms with Gasteiger partial charge in [0.15, 0.2) is 0 Å². The molecule has 0 amide bonds. The molecule has 1 N–H and O–H groups in total. The summed E-state index contributed by atoms with van der Waals surface area (Å²) in [7, 11) is 0. The van der Waals surface area contributed by atoms with Crippen molar-refractivity contribution in [2.75, 3.05) is 4.72 Å². The van der Waals surface area contributed by atoms with Crippen LogP contribution >= 0.6 is 0 Å². The van der Waals surface area contributed by atoms with Crippen molar-refractivity contribution >= 4 is 17.0 Å². The fraction of sp³-hybridized carbons (Fsp3) is 0.150. The topological polar surface area (TPSA) is 65.0 Å². The highest BCUT2D eigenvalue weighted by Crippen LogP contribution is 2.26. The maximum atomic E-state index is 10.8. The summed E-state index contributed by atoms with van der Waals surface area (Å²) in [5.41, 5.74) is 4.12. The Bertz CT molecular complexity index is 825. The van der Waals surface area contributed by atoms with Gasteiger partial charge in [0.2, 0.25) is 0 Å². The zero-order chi connectivity index (χ0) is 17.5. The van der Waals surface area contributed by atoms with Crippen LogP contribution in [0.2, 0.25) is 0 Å². The molecule has 3 aromatic rings. The SMILES string of the molecule is O=S([O-])Nc1cccc(CC(Cc2cccnc2)c2ccccc2)c1. The monoisotopic (exact) mass is 351 g/mol. The Morgan fingerprint density at radius 1 is 0.960 bits per heavy atom.